The van der Waals surface area contributed by atoms with Crippen molar-refractivity contribution in [3.63, 3.8) is 0 Å². The van der Waals surface area contributed by atoms with Crippen molar-refractivity contribution in [3.8, 4) is 11.5 Å². The number of carbonyl (C=O) groups is 1. The fraction of sp³-hybridized carbons (Fsp3) is 0.278. The van der Waals surface area contributed by atoms with Gasteiger partial charge >= 0.3 is 6.03 Å². The third-order valence-electron chi connectivity index (χ3n) is 4.21. The molecule has 2 aliphatic heterocycles. The van der Waals surface area contributed by atoms with Gasteiger partial charge in [0, 0.05) is 12.0 Å². The summed E-state index contributed by atoms with van der Waals surface area (Å²) in [4.78, 5) is 12.1. The fourth-order valence-electron chi connectivity index (χ4n) is 3.07. The van der Waals surface area contributed by atoms with Crippen LogP contribution in [-0.2, 0) is 6.42 Å². The third kappa shape index (κ3) is 2.82. The van der Waals surface area contributed by atoms with Crippen LogP contribution in [0.4, 0.5) is 4.79 Å². The maximum atomic E-state index is 12.1. The fourth-order valence-corrected chi connectivity index (χ4v) is 3.07. The molecule has 0 bridgehead atoms. The van der Waals surface area contributed by atoms with Crippen LogP contribution < -0.4 is 20.1 Å². The zero-order valence-corrected chi connectivity index (χ0v) is 12.6. The largest absolute Gasteiger partial charge is 0.491 e. The van der Waals surface area contributed by atoms with Gasteiger partial charge in [-0.25, -0.2) is 4.79 Å². The first-order valence-corrected chi connectivity index (χ1v) is 7.80. The van der Waals surface area contributed by atoms with Crippen LogP contribution in [0.2, 0.25) is 0 Å². The average Bonchev–Trinajstić information content (AvgIpc) is 3.17. The molecule has 118 valence electrons. The molecule has 0 aromatic heterocycles. The van der Waals surface area contributed by atoms with E-state index in [9.17, 15) is 4.79 Å². The molecule has 0 spiro atoms. The summed E-state index contributed by atoms with van der Waals surface area (Å²) in [6, 6.07) is 15.4. The van der Waals surface area contributed by atoms with Crippen LogP contribution in [0.5, 0.6) is 11.5 Å². The van der Waals surface area contributed by atoms with Crippen LogP contribution in [0.25, 0.3) is 0 Å². The molecule has 4 rings (SSSR count). The number of urea groups is 1. The van der Waals surface area contributed by atoms with Crippen molar-refractivity contribution in [1.82, 2.24) is 10.6 Å². The van der Waals surface area contributed by atoms with Gasteiger partial charge < -0.3 is 20.1 Å². The molecule has 0 fully saturated rings. The van der Waals surface area contributed by atoms with E-state index in [-0.39, 0.29) is 18.2 Å². The number of para-hydroxylation sites is 2. The van der Waals surface area contributed by atoms with Crippen molar-refractivity contribution in [3.05, 3.63) is 59.7 Å². The highest BCUT2D eigenvalue weighted by Crippen LogP contribution is 2.31. The highest BCUT2D eigenvalue weighted by molar-refractivity contribution is 5.74. The molecule has 2 aliphatic rings. The summed E-state index contributed by atoms with van der Waals surface area (Å²) in [5.41, 5.74) is 2.21. The highest BCUT2D eigenvalue weighted by Gasteiger charge is 2.26. The van der Waals surface area contributed by atoms with Crippen LogP contribution in [0.3, 0.4) is 0 Å². The SMILES string of the molecule is O=C(NC[C@@H]1Cc2ccccc2O1)N[C@@H]1COc2ccccc21. The molecule has 23 heavy (non-hydrogen) atoms. The molecule has 0 radical (unpaired) electrons. The van der Waals surface area contributed by atoms with Crippen molar-refractivity contribution in [1.29, 1.82) is 0 Å². The third-order valence-corrected chi connectivity index (χ3v) is 4.21. The van der Waals surface area contributed by atoms with E-state index < -0.39 is 0 Å². The predicted molar refractivity (Wildman–Crippen MR) is 85.8 cm³/mol. The number of hydrogen-bond acceptors (Lipinski definition) is 3. The molecule has 2 N–H and O–H groups in total. The number of benzene rings is 2. The van der Waals surface area contributed by atoms with E-state index in [0.717, 1.165) is 23.5 Å². The first kappa shape index (κ1) is 13.9. The molecule has 2 aromatic rings. The molecular weight excluding hydrogens is 292 g/mol. The molecule has 5 heteroatoms. The van der Waals surface area contributed by atoms with Gasteiger partial charge in [0.25, 0.3) is 0 Å². The van der Waals surface area contributed by atoms with Crippen molar-refractivity contribution >= 4 is 6.03 Å². The normalized spacial score (nSPS) is 20.9. The van der Waals surface area contributed by atoms with Gasteiger partial charge in [-0.2, -0.15) is 0 Å². The molecule has 5 nitrogen and oxygen atoms in total. The molecule has 0 aliphatic carbocycles. The van der Waals surface area contributed by atoms with E-state index in [2.05, 4.69) is 16.7 Å². The minimum Gasteiger partial charge on any atom is -0.491 e. The number of rotatable bonds is 3. The second kappa shape index (κ2) is 5.83. The van der Waals surface area contributed by atoms with Crippen LogP contribution in [-0.4, -0.2) is 25.3 Å². The van der Waals surface area contributed by atoms with E-state index in [4.69, 9.17) is 9.47 Å². The van der Waals surface area contributed by atoms with Crippen LogP contribution in [0.1, 0.15) is 17.2 Å². The molecular formula is C18H18N2O3. The zero-order chi connectivity index (χ0) is 15.6. The second-order valence-corrected chi connectivity index (χ2v) is 5.81. The van der Waals surface area contributed by atoms with E-state index >= 15 is 0 Å². The van der Waals surface area contributed by atoms with Crippen molar-refractivity contribution < 1.29 is 14.3 Å². The molecule has 2 heterocycles. The first-order chi connectivity index (χ1) is 11.3. The van der Waals surface area contributed by atoms with E-state index in [1.165, 1.54) is 5.56 Å². The van der Waals surface area contributed by atoms with Crippen LogP contribution >= 0.6 is 0 Å². The number of nitrogens with one attached hydrogen (secondary N) is 2. The molecule has 0 unspecified atom stereocenters. The molecule has 2 aromatic carbocycles. The Balaban J connectivity index is 1.29. The van der Waals surface area contributed by atoms with E-state index in [0.29, 0.717) is 13.2 Å². The van der Waals surface area contributed by atoms with Crippen LogP contribution in [0, 0.1) is 0 Å². The molecule has 0 saturated carbocycles. The van der Waals surface area contributed by atoms with Crippen molar-refractivity contribution in [2.75, 3.05) is 13.2 Å². The van der Waals surface area contributed by atoms with Gasteiger partial charge in [0.2, 0.25) is 0 Å². The van der Waals surface area contributed by atoms with Gasteiger partial charge in [-0.1, -0.05) is 36.4 Å². The summed E-state index contributed by atoms with van der Waals surface area (Å²) in [5.74, 6) is 1.75. The summed E-state index contributed by atoms with van der Waals surface area (Å²) < 4.78 is 11.4. The molecule has 2 amide bonds. The summed E-state index contributed by atoms with van der Waals surface area (Å²) >= 11 is 0. The smallest absolute Gasteiger partial charge is 0.315 e. The lowest BCUT2D eigenvalue weighted by atomic mass is 10.1. The van der Waals surface area contributed by atoms with Gasteiger partial charge in [-0.05, 0) is 17.7 Å². The van der Waals surface area contributed by atoms with Crippen molar-refractivity contribution in [2.45, 2.75) is 18.6 Å². The Kier molecular flexibility index (Phi) is 3.54. The minimum absolute atomic E-state index is 0.00901. The van der Waals surface area contributed by atoms with E-state index in [1.807, 2.05) is 42.5 Å². The second-order valence-electron chi connectivity index (χ2n) is 5.81. The standard InChI is InChI=1S/C18H18N2O3/c21-18(20-15-11-22-17-8-4-2-6-14(15)17)19-10-13-9-12-5-1-3-7-16(12)23-13/h1-8,13,15H,9-11H2,(H2,19,20,21)/t13-,15+/m0/s1. The summed E-state index contributed by atoms with van der Waals surface area (Å²) in [6.45, 7) is 0.952. The predicted octanol–water partition coefficient (Wildman–Crippen LogP) is 2.42. The Morgan fingerprint density at radius 2 is 1.87 bits per heavy atom. The Hall–Kier alpha value is -2.69. The van der Waals surface area contributed by atoms with Crippen LogP contribution in [0.15, 0.2) is 48.5 Å². The first-order valence-electron chi connectivity index (χ1n) is 7.80. The topological polar surface area (TPSA) is 59.6 Å². The number of hydrogen-bond donors (Lipinski definition) is 2. The quantitative estimate of drug-likeness (QED) is 0.915. The Morgan fingerprint density at radius 3 is 2.74 bits per heavy atom. The van der Waals surface area contributed by atoms with Gasteiger partial charge in [0.15, 0.2) is 0 Å². The summed E-state index contributed by atoms with van der Waals surface area (Å²) in [7, 11) is 0. The number of ether oxygens (including phenoxy) is 2. The van der Waals surface area contributed by atoms with Gasteiger partial charge in [-0.15, -0.1) is 0 Å². The molecule has 0 saturated heterocycles. The Bertz CT molecular complexity index is 707. The Morgan fingerprint density at radius 1 is 1.09 bits per heavy atom. The lowest BCUT2D eigenvalue weighted by Gasteiger charge is -2.15. The minimum atomic E-state index is -0.199. The lowest BCUT2D eigenvalue weighted by molar-refractivity contribution is 0.210. The summed E-state index contributed by atoms with van der Waals surface area (Å²) in [6.07, 6.45) is 0.816. The number of amides is 2. The van der Waals surface area contributed by atoms with Gasteiger partial charge in [0.1, 0.15) is 24.2 Å². The lowest BCUT2D eigenvalue weighted by Crippen LogP contribution is -2.42. The Labute approximate surface area is 134 Å². The zero-order valence-electron chi connectivity index (χ0n) is 12.6. The summed E-state index contributed by atoms with van der Waals surface area (Å²) in [5, 5.41) is 5.84. The maximum Gasteiger partial charge on any atom is 0.315 e. The number of carbonyl (C=O) groups excluding carboxylic acids is 1. The average molecular weight is 310 g/mol. The maximum absolute atomic E-state index is 12.1. The van der Waals surface area contributed by atoms with Gasteiger partial charge in [0.05, 0.1) is 12.6 Å². The number of fused-ring (bicyclic) bond motifs is 2. The van der Waals surface area contributed by atoms with Crippen molar-refractivity contribution in [2.24, 2.45) is 0 Å². The molecule has 2 atom stereocenters. The van der Waals surface area contributed by atoms with E-state index in [1.54, 1.807) is 0 Å². The highest BCUT2D eigenvalue weighted by atomic mass is 16.5. The monoisotopic (exact) mass is 310 g/mol. The van der Waals surface area contributed by atoms with Gasteiger partial charge in [-0.3, -0.25) is 0 Å².